The molecule has 28 heavy (non-hydrogen) atoms. The average molecular weight is 398 g/mol. The molecule has 1 N–H and O–H groups in total. The first-order chi connectivity index (χ1) is 13.4. The van der Waals surface area contributed by atoms with Crippen LogP contribution in [0.25, 0.3) is 0 Å². The van der Waals surface area contributed by atoms with Gasteiger partial charge in [-0.05, 0) is 42.0 Å². The molecule has 0 bridgehead atoms. The van der Waals surface area contributed by atoms with E-state index in [2.05, 4.69) is 16.3 Å². The lowest BCUT2D eigenvalue weighted by Gasteiger charge is -2.34. The van der Waals surface area contributed by atoms with Gasteiger partial charge in [0, 0.05) is 45.3 Å². The van der Waals surface area contributed by atoms with E-state index in [1.54, 1.807) is 24.3 Å². The van der Waals surface area contributed by atoms with Gasteiger partial charge in [0.2, 0.25) is 15.9 Å². The van der Waals surface area contributed by atoms with Crippen molar-refractivity contribution in [3.63, 3.8) is 0 Å². The van der Waals surface area contributed by atoms with Crippen molar-refractivity contribution < 1.29 is 13.2 Å². The number of sulfonamides is 1. The molecule has 3 rings (SSSR count). The van der Waals surface area contributed by atoms with Crippen LogP contribution in [0.4, 0.5) is 5.69 Å². The molecule has 7 nitrogen and oxygen atoms in total. The number of nitriles is 1. The number of hydrogen-bond acceptors (Lipinski definition) is 5. The molecule has 0 saturated carbocycles. The number of anilines is 1. The lowest BCUT2D eigenvalue weighted by molar-refractivity contribution is -0.114. The third-order valence-electron chi connectivity index (χ3n) is 4.63. The van der Waals surface area contributed by atoms with Crippen LogP contribution in [0.2, 0.25) is 0 Å². The summed E-state index contributed by atoms with van der Waals surface area (Å²) >= 11 is 0. The Kier molecular flexibility index (Phi) is 6.09. The van der Waals surface area contributed by atoms with E-state index in [1.807, 2.05) is 12.1 Å². The lowest BCUT2D eigenvalue weighted by atomic mass is 10.1. The summed E-state index contributed by atoms with van der Waals surface area (Å²) in [4.78, 5) is 13.5. The molecule has 0 radical (unpaired) electrons. The highest BCUT2D eigenvalue weighted by Gasteiger charge is 2.28. The van der Waals surface area contributed by atoms with Gasteiger partial charge in [-0.3, -0.25) is 9.69 Å². The Hall–Kier alpha value is -2.73. The van der Waals surface area contributed by atoms with Gasteiger partial charge in [-0.1, -0.05) is 12.1 Å². The van der Waals surface area contributed by atoms with Gasteiger partial charge in [0.1, 0.15) is 0 Å². The van der Waals surface area contributed by atoms with E-state index in [4.69, 9.17) is 5.26 Å². The minimum absolute atomic E-state index is 0.200. The molecule has 1 saturated heterocycles. The van der Waals surface area contributed by atoms with E-state index in [0.29, 0.717) is 37.4 Å². The number of nitrogens with zero attached hydrogens (tertiary/aromatic N) is 3. The summed E-state index contributed by atoms with van der Waals surface area (Å²) in [7, 11) is -3.55. The molecule has 1 fully saturated rings. The molecular formula is C20H22N4O3S. The minimum atomic E-state index is -3.55. The van der Waals surface area contributed by atoms with E-state index < -0.39 is 10.0 Å². The van der Waals surface area contributed by atoms with Crippen LogP contribution in [0.15, 0.2) is 53.4 Å². The van der Waals surface area contributed by atoms with Crippen molar-refractivity contribution in [2.75, 3.05) is 31.5 Å². The van der Waals surface area contributed by atoms with E-state index >= 15 is 0 Å². The van der Waals surface area contributed by atoms with Crippen LogP contribution < -0.4 is 5.32 Å². The monoisotopic (exact) mass is 398 g/mol. The summed E-state index contributed by atoms with van der Waals surface area (Å²) in [5.41, 5.74) is 2.30. The van der Waals surface area contributed by atoms with Gasteiger partial charge in [0.15, 0.2) is 0 Å². The molecule has 0 unspecified atom stereocenters. The zero-order valence-electron chi connectivity index (χ0n) is 15.6. The predicted octanol–water partition coefficient (Wildman–Crippen LogP) is 2.02. The second-order valence-corrected chi connectivity index (χ2v) is 8.63. The number of hydrogen-bond donors (Lipinski definition) is 1. The molecule has 8 heteroatoms. The maximum atomic E-state index is 12.8. The van der Waals surface area contributed by atoms with Crippen molar-refractivity contribution in [1.82, 2.24) is 9.21 Å². The molecule has 1 amide bonds. The topological polar surface area (TPSA) is 93.5 Å². The van der Waals surface area contributed by atoms with Crippen molar-refractivity contribution in [3.05, 3.63) is 59.7 Å². The van der Waals surface area contributed by atoms with Gasteiger partial charge >= 0.3 is 0 Å². The van der Waals surface area contributed by atoms with Crippen LogP contribution in [0.1, 0.15) is 18.1 Å². The smallest absolute Gasteiger partial charge is 0.243 e. The van der Waals surface area contributed by atoms with Gasteiger partial charge in [-0.25, -0.2) is 8.42 Å². The van der Waals surface area contributed by atoms with Crippen LogP contribution >= 0.6 is 0 Å². The Morgan fingerprint density at radius 2 is 1.64 bits per heavy atom. The summed E-state index contributed by atoms with van der Waals surface area (Å²) < 4.78 is 27.2. The number of nitrogens with one attached hydrogen (secondary N) is 1. The molecule has 1 aliphatic heterocycles. The molecule has 0 spiro atoms. The van der Waals surface area contributed by atoms with Crippen molar-refractivity contribution in [2.45, 2.75) is 18.4 Å². The number of carbonyl (C=O) groups excluding carboxylic acids is 1. The fourth-order valence-corrected chi connectivity index (χ4v) is 4.56. The van der Waals surface area contributed by atoms with Crippen LogP contribution in [-0.4, -0.2) is 49.7 Å². The van der Waals surface area contributed by atoms with Gasteiger partial charge < -0.3 is 5.32 Å². The first-order valence-corrected chi connectivity index (χ1v) is 10.4. The lowest BCUT2D eigenvalue weighted by Crippen LogP contribution is -2.48. The third kappa shape index (κ3) is 4.75. The van der Waals surface area contributed by atoms with E-state index in [9.17, 15) is 13.2 Å². The van der Waals surface area contributed by atoms with E-state index in [-0.39, 0.29) is 10.8 Å². The summed E-state index contributed by atoms with van der Waals surface area (Å²) in [6, 6.07) is 15.8. The van der Waals surface area contributed by atoms with Gasteiger partial charge in [-0.15, -0.1) is 0 Å². The number of amides is 1. The van der Waals surface area contributed by atoms with Gasteiger partial charge in [0.05, 0.1) is 16.5 Å². The second kappa shape index (κ2) is 8.52. The highest BCUT2D eigenvalue weighted by atomic mass is 32.2. The summed E-state index contributed by atoms with van der Waals surface area (Å²) in [5.74, 6) is -0.200. The predicted molar refractivity (Wildman–Crippen MR) is 106 cm³/mol. The molecule has 0 aromatic heterocycles. The zero-order chi connectivity index (χ0) is 20.1. The Morgan fingerprint density at radius 1 is 1.04 bits per heavy atom. The van der Waals surface area contributed by atoms with Gasteiger partial charge in [-0.2, -0.15) is 9.57 Å². The van der Waals surface area contributed by atoms with Crippen LogP contribution in [0.3, 0.4) is 0 Å². The molecule has 1 aliphatic rings. The van der Waals surface area contributed by atoms with Crippen molar-refractivity contribution in [3.8, 4) is 6.07 Å². The quantitative estimate of drug-likeness (QED) is 0.832. The molecule has 2 aromatic rings. The standard InChI is InChI=1S/C20H22N4O3S/c1-16(25)22-19-6-8-20(9-7-19)28(26,27)24-12-10-23(11-13-24)15-18-4-2-17(14-21)3-5-18/h2-9H,10-13,15H2,1H3,(H,22,25). The fourth-order valence-electron chi connectivity index (χ4n) is 3.13. The van der Waals surface area contributed by atoms with Crippen molar-refractivity contribution in [2.24, 2.45) is 0 Å². The molecule has 2 aromatic carbocycles. The van der Waals surface area contributed by atoms with Crippen LogP contribution in [-0.2, 0) is 21.4 Å². The largest absolute Gasteiger partial charge is 0.326 e. The molecule has 1 heterocycles. The first kappa shape index (κ1) is 20.0. The maximum Gasteiger partial charge on any atom is 0.243 e. The molecule has 146 valence electrons. The Balaban J connectivity index is 1.60. The summed E-state index contributed by atoms with van der Waals surface area (Å²) in [5, 5.41) is 11.5. The summed E-state index contributed by atoms with van der Waals surface area (Å²) in [6.07, 6.45) is 0. The molecule has 0 atom stereocenters. The first-order valence-electron chi connectivity index (χ1n) is 8.98. The zero-order valence-corrected chi connectivity index (χ0v) is 16.4. The number of piperazine rings is 1. The normalized spacial score (nSPS) is 15.7. The number of carbonyl (C=O) groups is 1. The Morgan fingerprint density at radius 3 is 2.18 bits per heavy atom. The summed E-state index contributed by atoms with van der Waals surface area (Å²) in [6.45, 7) is 4.26. The highest BCUT2D eigenvalue weighted by molar-refractivity contribution is 7.89. The average Bonchev–Trinajstić information content (AvgIpc) is 2.69. The maximum absolute atomic E-state index is 12.8. The Bertz CT molecular complexity index is 972. The van der Waals surface area contributed by atoms with E-state index in [1.165, 1.54) is 23.4 Å². The SMILES string of the molecule is CC(=O)Nc1ccc(S(=O)(=O)N2CCN(Cc3ccc(C#N)cc3)CC2)cc1. The van der Waals surface area contributed by atoms with Gasteiger partial charge in [0.25, 0.3) is 0 Å². The number of benzene rings is 2. The molecular weight excluding hydrogens is 376 g/mol. The molecule has 0 aliphatic carbocycles. The number of rotatable bonds is 5. The van der Waals surface area contributed by atoms with Crippen LogP contribution in [0.5, 0.6) is 0 Å². The van der Waals surface area contributed by atoms with Crippen molar-refractivity contribution in [1.29, 1.82) is 5.26 Å². The second-order valence-electron chi connectivity index (χ2n) is 6.69. The van der Waals surface area contributed by atoms with Crippen molar-refractivity contribution >= 4 is 21.6 Å². The third-order valence-corrected chi connectivity index (χ3v) is 6.55. The highest BCUT2D eigenvalue weighted by Crippen LogP contribution is 2.20. The fraction of sp³-hybridized carbons (Fsp3) is 0.300. The Labute approximate surface area is 165 Å². The minimum Gasteiger partial charge on any atom is -0.326 e. The van der Waals surface area contributed by atoms with Crippen LogP contribution in [0, 0.1) is 11.3 Å². The van der Waals surface area contributed by atoms with E-state index in [0.717, 1.165) is 12.1 Å².